The second kappa shape index (κ2) is 9.74. The van der Waals surface area contributed by atoms with Crippen LogP contribution in [0.25, 0.3) is 5.57 Å². The monoisotopic (exact) mass is 440 g/mol. The zero-order chi connectivity index (χ0) is 23.4. The molecule has 0 atom stereocenters. The number of carbonyl (C=O) groups is 2. The third kappa shape index (κ3) is 4.98. The van der Waals surface area contributed by atoms with Crippen LogP contribution in [0.2, 0.25) is 0 Å². The first-order valence-corrected chi connectivity index (χ1v) is 11.1. The lowest BCUT2D eigenvalue weighted by Crippen LogP contribution is -2.33. The molecular weight excluding hydrogens is 412 g/mol. The molecule has 4 rings (SSSR count). The van der Waals surface area contributed by atoms with E-state index in [1.165, 1.54) is 4.90 Å². The lowest BCUT2D eigenvalue weighted by molar-refractivity contribution is -0.138. The number of hydrogen-bond acceptors (Lipinski definition) is 4. The van der Waals surface area contributed by atoms with Crippen LogP contribution in [0.15, 0.2) is 90.6 Å². The van der Waals surface area contributed by atoms with Crippen molar-refractivity contribution in [3.8, 4) is 5.75 Å². The van der Waals surface area contributed by atoms with Crippen molar-refractivity contribution in [3.05, 3.63) is 107 Å². The molecule has 0 saturated carbocycles. The first-order valence-electron chi connectivity index (χ1n) is 11.1. The van der Waals surface area contributed by atoms with Gasteiger partial charge in [-0.05, 0) is 42.7 Å². The fourth-order valence-electron chi connectivity index (χ4n) is 4.00. The maximum absolute atomic E-state index is 13.5. The van der Waals surface area contributed by atoms with Gasteiger partial charge < -0.3 is 9.64 Å². The van der Waals surface area contributed by atoms with Crippen molar-refractivity contribution in [3.63, 3.8) is 0 Å². The quantitative estimate of drug-likeness (QED) is 0.468. The molecule has 0 bridgehead atoms. The minimum Gasteiger partial charge on any atom is -0.491 e. The SMILES string of the molecule is CC(C)Oc1ccc(C2=C(N(C)Cc3ccccc3)C(=O)N(Cc3ccccc3)C2=O)cc1. The van der Waals surface area contributed by atoms with Gasteiger partial charge in [0.1, 0.15) is 11.4 Å². The van der Waals surface area contributed by atoms with E-state index in [9.17, 15) is 9.59 Å². The van der Waals surface area contributed by atoms with Gasteiger partial charge in [0.25, 0.3) is 11.8 Å². The molecule has 0 aromatic heterocycles. The molecule has 0 unspecified atom stereocenters. The van der Waals surface area contributed by atoms with Gasteiger partial charge in [0.05, 0.1) is 18.2 Å². The van der Waals surface area contributed by atoms with Crippen LogP contribution in [0, 0.1) is 0 Å². The van der Waals surface area contributed by atoms with Gasteiger partial charge >= 0.3 is 0 Å². The number of nitrogens with zero attached hydrogens (tertiary/aromatic N) is 2. The van der Waals surface area contributed by atoms with Gasteiger partial charge in [0, 0.05) is 13.6 Å². The van der Waals surface area contributed by atoms with Crippen molar-refractivity contribution in [2.24, 2.45) is 0 Å². The smallest absolute Gasteiger partial charge is 0.278 e. The Bertz CT molecular complexity index is 1150. The first-order chi connectivity index (χ1) is 15.9. The number of benzene rings is 3. The summed E-state index contributed by atoms with van der Waals surface area (Å²) in [4.78, 5) is 30.3. The normalized spacial score (nSPS) is 13.8. The third-order valence-corrected chi connectivity index (χ3v) is 5.49. The zero-order valence-corrected chi connectivity index (χ0v) is 19.2. The number of amides is 2. The van der Waals surface area contributed by atoms with Crippen molar-refractivity contribution in [2.45, 2.75) is 33.0 Å². The van der Waals surface area contributed by atoms with Gasteiger partial charge in [-0.15, -0.1) is 0 Å². The van der Waals surface area contributed by atoms with E-state index >= 15 is 0 Å². The molecule has 3 aromatic carbocycles. The molecule has 0 N–H and O–H groups in total. The Kier molecular flexibility index (Phi) is 6.59. The van der Waals surface area contributed by atoms with Crippen LogP contribution >= 0.6 is 0 Å². The van der Waals surface area contributed by atoms with E-state index in [4.69, 9.17) is 4.74 Å². The zero-order valence-electron chi connectivity index (χ0n) is 19.2. The van der Waals surface area contributed by atoms with Crippen molar-refractivity contribution in [1.29, 1.82) is 0 Å². The maximum atomic E-state index is 13.5. The van der Waals surface area contributed by atoms with Crippen LogP contribution in [0.3, 0.4) is 0 Å². The minimum atomic E-state index is -0.281. The number of likely N-dealkylation sites (N-methyl/N-ethyl adjacent to an activating group) is 1. The molecule has 1 heterocycles. The summed E-state index contributed by atoms with van der Waals surface area (Å²) in [6.07, 6.45) is 0.0543. The summed E-state index contributed by atoms with van der Waals surface area (Å²) < 4.78 is 5.74. The predicted octanol–water partition coefficient (Wildman–Crippen LogP) is 4.89. The van der Waals surface area contributed by atoms with Crippen LogP contribution in [-0.2, 0) is 22.7 Å². The van der Waals surface area contributed by atoms with Crippen LogP contribution in [0.1, 0.15) is 30.5 Å². The van der Waals surface area contributed by atoms with Gasteiger partial charge in [-0.25, -0.2) is 0 Å². The molecule has 1 aliphatic rings. The highest BCUT2D eigenvalue weighted by Crippen LogP contribution is 2.33. The Hall–Kier alpha value is -3.86. The molecule has 0 fully saturated rings. The lowest BCUT2D eigenvalue weighted by atomic mass is 10.0. The molecule has 168 valence electrons. The van der Waals surface area contributed by atoms with Gasteiger partial charge in [-0.3, -0.25) is 14.5 Å². The molecule has 0 spiro atoms. The van der Waals surface area contributed by atoms with E-state index in [1.54, 1.807) is 0 Å². The van der Waals surface area contributed by atoms with E-state index in [0.29, 0.717) is 23.4 Å². The summed E-state index contributed by atoms with van der Waals surface area (Å²) in [5.41, 5.74) is 3.51. The molecule has 1 aliphatic heterocycles. The van der Waals surface area contributed by atoms with Crippen LogP contribution in [0.5, 0.6) is 5.75 Å². The lowest BCUT2D eigenvalue weighted by Gasteiger charge is -2.21. The van der Waals surface area contributed by atoms with Gasteiger partial charge in [0.2, 0.25) is 0 Å². The van der Waals surface area contributed by atoms with E-state index in [-0.39, 0.29) is 24.5 Å². The Morgan fingerprint density at radius 3 is 1.94 bits per heavy atom. The highest BCUT2D eigenvalue weighted by atomic mass is 16.5. The third-order valence-electron chi connectivity index (χ3n) is 5.49. The van der Waals surface area contributed by atoms with Crippen LogP contribution in [-0.4, -0.2) is 34.8 Å². The van der Waals surface area contributed by atoms with Crippen LogP contribution in [0.4, 0.5) is 0 Å². The summed E-state index contributed by atoms with van der Waals surface area (Å²) in [7, 11) is 1.86. The molecule has 33 heavy (non-hydrogen) atoms. The summed E-state index contributed by atoms with van der Waals surface area (Å²) in [6, 6.07) is 26.9. The standard InChI is InChI=1S/C28H28N2O3/c1-20(2)33-24-16-14-23(15-17-24)25-26(29(3)18-21-10-6-4-7-11-21)28(32)30(27(25)31)19-22-12-8-5-9-13-22/h4-17,20H,18-19H2,1-3H3. The molecular formula is C28H28N2O3. The fraction of sp³-hybridized carbons (Fsp3) is 0.214. The van der Waals surface area contributed by atoms with Crippen molar-refractivity contribution in [2.75, 3.05) is 7.05 Å². The molecule has 0 saturated heterocycles. The topological polar surface area (TPSA) is 49.9 Å². The van der Waals surface area contributed by atoms with Gasteiger partial charge in [-0.2, -0.15) is 0 Å². The fourth-order valence-corrected chi connectivity index (χ4v) is 4.00. The molecule has 0 radical (unpaired) electrons. The summed E-state index contributed by atoms with van der Waals surface area (Å²) in [5.74, 6) is 0.169. The first kappa shape index (κ1) is 22.3. The molecule has 0 aliphatic carbocycles. The molecule has 2 amide bonds. The van der Waals surface area contributed by atoms with E-state index in [0.717, 1.165) is 16.9 Å². The second-order valence-electron chi connectivity index (χ2n) is 8.44. The van der Waals surface area contributed by atoms with E-state index in [2.05, 4.69) is 0 Å². The summed E-state index contributed by atoms with van der Waals surface area (Å²) in [5, 5.41) is 0. The maximum Gasteiger partial charge on any atom is 0.278 e. The predicted molar refractivity (Wildman–Crippen MR) is 129 cm³/mol. The number of hydrogen-bond donors (Lipinski definition) is 0. The Morgan fingerprint density at radius 1 is 0.788 bits per heavy atom. The molecule has 3 aromatic rings. The van der Waals surface area contributed by atoms with Crippen molar-refractivity contribution >= 4 is 17.4 Å². The number of carbonyl (C=O) groups excluding carboxylic acids is 2. The van der Waals surface area contributed by atoms with Gasteiger partial charge in [-0.1, -0.05) is 72.8 Å². The van der Waals surface area contributed by atoms with Gasteiger partial charge in [0.15, 0.2) is 0 Å². The number of rotatable bonds is 8. The van der Waals surface area contributed by atoms with Crippen molar-refractivity contribution < 1.29 is 14.3 Å². The summed E-state index contributed by atoms with van der Waals surface area (Å²) >= 11 is 0. The largest absolute Gasteiger partial charge is 0.491 e. The average Bonchev–Trinajstić information content (AvgIpc) is 3.05. The van der Waals surface area contributed by atoms with Crippen LogP contribution < -0.4 is 4.74 Å². The minimum absolute atomic E-state index is 0.0543. The molecule has 5 nitrogen and oxygen atoms in total. The highest BCUT2D eigenvalue weighted by molar-refractivity contribution is 6.35. The number of imide groups is 1. The Morgan fingerprint density at radius 2 is 1.36 bits per heavy atom. The molecule has 5 heteroatoms. The Balaban J connectivity index is 1.70. The second-order valence-corrected chi connectivity index (χ2v) is 8.44. The highest BCUT2D eigenvalue weighted by Gasteiger charge is 2.40. The number of ether oxygens (including phenoxy) is 1. The van der Waals surface area contributed by atoms with E-state index in [1.807, 2.05) is 111 Å². The average molecular weight is 441 g/mol. The van der Waals surface area contributed by atoms with E-state index < -0.39 is 0 Å². The Labute approximate surface area is 194 Å². The summed E-state index contributed by atoms with van der Waals surface area (Å²) in [6.45, 7) is 4.69. The van der Waals surface area contributed by atoms with Crippen molar-refractivity contribution in [1.82, 2.24) is 9.80 Å².